The fourth-order valence-electron chi connectivity index (χ4n) is 2.30. The van der Waals surface area contributed by atoms with E-state index in [0.717, 1.165) is 0 Å². The van der Waals surface area contributed by atoms with Crippen LogP contribution < -0.4 is 29.6 Å². The number of benzene rings is 4. The molecule has 10 heteroatoms. The van der Waals surface area contributed by atoms with Gasteiger partial charge in [-0.1, -0.05) is 121 Å². The van der Waals surface area contributed by atoms with Crippen molar-refractivity contribution >= 4 is 71.0 Å². The first-order valence-corrected chi connectivity index (χ1v) is 11.9. The quantitative estimate of drug-likeness (QED) is 0.232. The average molecular weight is 769 g/mol. The van der Waals surface area contributed by atoms with Gasteiger partial charge in [-0.25, -0.2) is 0 Å². The fraction of sp³-hybridized carbons (Fsp3) is 0. The van der Waals surface area contributed by atoms with Gasteiger partial charge in [0.15, 0.2) is 0 Å². The number of rotatable bonds is 4. The van der Waals surface area contributed by atoms with E-state index in [4.69, 9.17) is 0 Å². The Balaban J connectivity index is 0. The molecule has 0 atom stereocenters. The second-order valence-electron chi connectivity index (χ2n) is 6.61. The minimum atomic E-state index is -0.296. The van der Waals surface area contributed by atoms with Crippen LogP contribution in [0.2, 0.25) is 0 Å². The Morgan fingerprint density at radius 3 is 0.553 bits per heavy atom. The number of hydrogen-bond donors (Lipinski definition) is 0. The molecule has 0 bridgehead atoms. The molecule has 0 radical (unpaired) electrons. The maximum atomic E-state index is 10.5. The summed E-state index contributed by atoms with van der Waals surface area (Å²) in [7, 11) is 0. The molecule has 0 amide bonds. The number of carbonyl (C=O) groups excluding carboxylic acids is 4. The second kappa shape index (κ2) is 23.1. The zero-order valence-electron chi connectivity index (χ0n) is 20.1. The molecule has 0 aliphatic carbocycles. The second-order valence-corrected chi connectivity index (χ2v) is 8.10. The molecule has 0 aliphatic rings. The zero-order chi connectivity index (χ0) is 26.8. The van der Waals surface area contributed by atoms with Crippen LogP contribution in [0.25, 0.3) is 0 Å². The summed E-state index contributed by atoms with van der Waals surface area (Å²) in [5.74, 6) is 0. The fourth-order valence-corrected chi connectivity index (χ4v) is 2.84. The van der Waals surface area contributed by atoms with Crippen molar-refractivity contribution in [1.29, 1.82) is 0 Å². The van der Waals surface area contributed by atoms with Crippen LogP contribution in [0.5, 0.6) is 0 Å². The van der Waals surface area contributed by atoms with E-state index in [-0.39, 0.29) is 72.4 Å². The van der Waals surface area contributed by atoms with Crippen molar-refractivity contribution in [3.8, 4) is 0 Å². The summed E-state index contributed by atoms with van der Waals surface area (Å²) in [6, 6.07) is 35.4. The van der Waals surface area contributed by atoms with Crippen LogP contribution in [-0.4, -0.2) is 20.5 Å². The topological polar surface area (TPSA) is 68.3 Å². The molecule has 0 unspecified atom stereocenters. The van der Waals surface area contributed by atoms with E-state index >= 15 is 0 Å². The van der Waals surface area contributed by atoms with E-state index in [2.05, 4.69) is 50.5 Å². The van der Waals surface area contributed by atoms with Crippen LogP contribution in [0.3, 0.4) is 0 Å². The Hall–Kier alpha value is -1.82. The van der Waals surface area contributed by atoms with Crippen molar-refractivity contribution in [3.63, 3.8) is 0 Å². The van der Waals surface area contributed by atoms with Crippen LogP contribution in [0.1, 0.15) is 41.4 Å². The van der Waals surface area contributed by atoms with Gasteiger partial charge in [0.05, 0.1) is 0 Å². The molecule has 38 heavy (non-hydrogen) atoms. The van der Waals surface area contributed by atoms with Crippen molar-refractivity contribution in [2.24, 2.45) is 0 Å². The maximum absolute atomic E-state index is 10.5. The Bertz CT molecular complexity index is 1030. The van der Waals surface area contributed by atoms with E-state index in [9.17, 15) is 19.2 Å². The van der Waals surface area contributed by atoms with Crippen molar-refractivity contribution in [2.75, 3.05) is 0 Å². The summed E-state index contributed by atoms with van der Waals surface area (Å²) in [5, 5.41) is -1.18. The van der Waals surface area contributed by atoms with Crippen LogP contribution in [-0.2, 0) is 72.9 Å². The van der Waals surface area contributed by atoms with Crippen molar-refractivity contribution < 1.29 is 71.1 Å². The first kappa shape index (κ1) is 38.3. The summed E-state index contributed by atoms with van der Waals surface area (Å²) < 4.78 is 0. The first-order chi connectivity index (χ1) is 17.2. The predicted octanol–water partition coefficient (Wildman–Crippen LogP) is 2.50. The molecular weight excluding hydrogens is 749 g/mol. The monoisotopic (exact) mass is 768 g/mol. The minimum absolute atomic E-state index is 0. The molecule has 0 saturated carbocycles. The summed E-state index contributed by atoms with van der Waals surface area (Å²) in [4.78, 5) is 41.8. The van der Waals surface area contributed by atoms with Crippen LogP contribution in [0.15, 0.2) is 121 Å². The van der Waals surface area contributed by atoms with Gasteiger partial charge in [-0.3, -0.25) is 0 Å². The van der Waals surface area contributed by atoms with Crippen molar-refractivity contribution in [1.82, 2.24) is 0 Å². The molecule has 0 fully saturated rings. The molecule has 4 rings (SSSR count). The van der Waals surface area contributed by atoms with Gasteiger partial charge in [-0.15, -0.1) is 0 Å². The third kappa shape index (κ3) is 17.6. The molecule has 0 saturated heterocycles. The van der Waals surface area contributed by atoms with Gasteiger partial charge >= 0.3 is 51.9 Å². The Kier molecular flexibility index (Phi) is 23.3. The summed E-state index contributed by atoms with van der Waals surface area (Å²) in [6.45, 7) is 0. The number of carbonyl (C=O) groups is 4. The molecule has 0 spiro atoms. The van der Waals surface area contributed by atoms with Gasteiger partial charge in [-0.05, 0) is 22.3 Å². The average Bonchev–Trinajstić information content (AvgIpc) is 2.92. The molecule has 4 nitrogen and oxygen atoms in total. The third-order valence-corrected chi connectivity index (χ3v) is 4.98. The standard InChI is InChI=1S/4C7H6OS.Au.Na/c4*8-7(9)6-4-2-1-3-5-6;;/h4*1-5H,(H,8,9);;/q;;;;+3;+1/p-4. The summed E-state index contributed by atoms with van der Waals surface area (Å²) in [5.41, 5.74) is 2.36. The minimum Gasteiger partial charge on any atom is -0.737 e. The van der Waals surface area contributed by atoms with Crippen molar-refractivity contribution in [2.45, 2.75) is 0 Å². The molecule has 0 N–H and O–H groups in total. The first-order valence-electron chi connectivity index (χ1n) is 10.3. The largest absolute Gasteiger partial charge is 3.00 e. The van der Waals surface area contributed by atoms with Crippen molar-refractivity contribution in [3.05, 3.63) is 144 Å². The summed E-state index contributed by atoms with van der Waals surface area (Å²) >= 11 is 17.6. The van der Waals surface area contributed by atoms with Gasteiger partial charge in [0, 0.05) is 20.5 Å². The van der Waals surface area contributed by atoms with Gasteiger partial charge in [0.25, 0.3) is 0 Å². The van der Waals surface area contributed by atoms with Gasteiger partial charge in [0.1, 0.15) is 0 Å². The summed E-state index contributed by atoms with van der Waals surface area (Å²) in [6.07, 6.45) is 0. The molecule has 0 heterocycles. The molecule has 0 aliphatic heterocycles. The molecule has 0 aromatic heterocycles. The Morgan fingerprint density at radius 1 is 0.342 bits per heavy atom. The molecule has 4 aromatic carbocycles. The van der Waals surface area contributed by atoms with E-state index in [1.54, 1.807) is 97.1 Å². The van der Waals surface area contributed by atoms with Gasteiger partial charge < -0.3 is 69.7 Å². The third-order valence-electron chi connectivity index (χ3n) is 4.04. The van der Waals surface area contributed by atoms with Gasteiger partial charge in [-0.2, -0.15) is 0 Å². The molecule has 4 aromatic rings. The van der Waals surface area contributed by atoms with E-state index < -0.39 is 0 Å². The van der Waals surface area contributed by atoms with E-state index in [0.29, 0.717) is 22.3 Å². The van der Waals surface area contributed by atoms with Gasteiger partial charge in [0.2, 0.25) is 0 Å². The van der Waals surface area contributed by atoms with E-state index in [1.807, 2.05) is 24.3 Å². The maximum Gasteiger partial charge on any atom is 3.00 e. The molecular formula is C28H20AuNaO4S4. The van der Waals surface area contributed by atoms with Crippen LogP contribution in [0, 0.1) is 0 Å². The van der Waals surface area contributed by atoms with E-state index in [1.165, 1.54) is 0 Å². The number of hydrogen-bond acceptors (Lipinski definition) is 8. The smallest absolute Gasteiger partial charge is 0.737 e. The normalized spacial score (nSPS) is 8.42. The SMILES string of the molecule is O=C([S-])c1ccccc1.O=C([S-])c1ccccc1.O=C([S-])c1ccccc1.O=C([S-])c1ccccc1.[Au+3].[Na+]. The Labute approximate surface area is 282 Å². The zero-order valence-corrected chi connectivity index (χ0v) is 27.5. The van der Waals surface area contributed by atoms with Crippen LogP contribution in [0.4, 0.5) is 0 Å². The predicted molar refractivity (Wildman–Crippen MR) is 153 cm³/mol. The van der Waals surface area contributed by atoms with Crippen LogP contribution >= 0.6 is 0 Å². The Morgan fingerprint density at radius 2 is 0.474 bits per heavy atom. The molecule has 192 valence electrons.